The fourth-order valence-corrected chi connectivity index (χ4v) is 1.99. The van der Waals surface area contributed by atoms with Gasteiger partial charge in [-0.25, -0.2) is 4.39 Å². The molecule has 0 saturated carbocycles. The van der Waals surface area contributed by atoms with Crippen LogP contribution < -0.4 is 5.32 Å². The predicted molar refractivity (Wildman–Crippen MR) is 59.9 cm³/mol. The van der Waals surface area contributed by atoms with Crippen LogP contribution in [0.25, 0.3) is 11.5 Å². The highest BCUT2D eigenvalue weighted by atomic mass is 19.1. The number of benzene rings is 1. The minimum atomic E-state index is -0.270. The first kappa shape index (κ1) is 10.4. The number of nitrogens with zero attached hydrogens (tertiary/aromatic N) is 2. The summed E-state index contributed by atoms with van der Waals surface area (Å²) in [7, 11) is 0. The minimum Gasteiger partial charge on any atom is -0.334 e. The Kier molecular flexibility index (Phi) is 2.60. The Balaban J connectivity index is 1.86. The van der Waals surface area contributed by atoms with E-state index in [-0.39, 0.29) is 5.82 Å². The molecule has 2 heterocycles. The number of hydrogen-bond donors (Lipinski definition) is 1. The van der Waals surface area contributed by atoms with Gasteiger partial charge < -0.3 is 9.84 Å². The van der Waals surface area contributed by atoms with Crippen molar-refractivity contribution in [3.63, 3.8) is 0 Å². The van der Waals surface area contributed by atoms with Crippen molar-refractivity contribution in [3.8, 4) is 11.5 Å². The van der Waals surface area contributed by atoms with E-state index < -0.39 is 0 Å². The summed E-state index contributed by atoms with van der Waals surface area (Å²) < 4.78 is 18.0. The molecule has 1 aliphatic rings. The molecule has 1 atom stereocenters. The van der Waals surface area contributed by atoms with Gasteiger partial charge in [0.05, 0.1) is 0 Å². The Morgan fingerprint density at radius 1 is 1.29 bits per heavy atom. The third kappa shape index (κ3) is 2.06. The lowest BCUT2D eigenvalue weighted by molar-refractivity contribution is 0.417. The van der Waals surface area contributed by atoms with Crippen molar-refractivity contribution in [1.82, 2.24) is 15.5 Å². The Morgan fingerprint density at radius 2 is 2.12 bits per heavy atom. The van der Waals surface area contributed by atoms with E-state index in [0.29, 0.717) is 11.8 Å². The van der Waals surface area contributed by atoms with Crippen LogP contribution in [-0.2, 0) is 0 Å². The molecule has 1 aromatic heterocycles. The summed E-state index contributed by atoms with van der Waals surface area (Å²) in [5, 5.41) is 7.23. The van der Waals surface area contributed by atoms with E-state index in [1.165, 1.54) is 12.1 Å². The number of halogens is 1. The monoisotopic (exact) mass is 233 g/mol. The first-order chi connectivity index (χ1) is 8.33. The largest absolute Gasteiger partial charge is 0.334 e. The second-order valence-electron chi connectivity index (χ2n) is 4.15. The van der Waals surface area contributed by atoms with Crippen LogP contribution in [0.5, 0.6) is 0 Å². The zero-order valence-corrected chi connectivity index (χ0v) is 9.19. The lowest BCUT2D eigenvalue weighted by atomic mass is 10.1. The van der Waals surface area contributed by atoms with Gasteiger partial charge in [-0.15, -0.1) is 0 Å². The zero-order valence-electron chi connectivity index (χ0n) is 9.19. The molecule has 0 amide bonds. The van der Waals surface area contributed by atoms with Crippen LogP contribution in [0.2, 0.25) is 0 Å². The van der Waals surface area contributed by atoms with Gasteiger partial charge in [-0.05, 0) is 37.2 Å². The molecule has 1 aromatic carbocycles. The van der Waals surface area contributed by atoms with Crippen LogP contribution in [0.1, 0.15) is 18.2 Å². The number of hydrogen-bond acceptors (Lipinski definition) is 4. The molecule has 2 aromatic rings. The molecule has 1 aliphatic heterocycles. The number of rotatable bonds is 2. The van der Waals surface area contributed by atoms with Gasteiger partial charge in [0.1, 0.15) is 5.82 Å². The smallest absolute Gasteiger partial charge is 0.257 e. The average Bonchev–Trinajstić information content (AvgIpc) is 3.00. The van der Waals surface area contributed by atoms with E-state index in [4.69, 9.17) is 4.52 Å². The number of nitrogens with one attached hydrogen (secondary N) is 1. The lowest BCUT2D eigenvalue weighted by Crippen LogP contribution is -2.08. The average molecular weight is 233 g/mol. The van der Waals surface area contributed by atoms with Crippen molar-refractivity contribution in [2.24, 2.45) is 0 Å². The van der Waals surface area contributed by atoms with Gasteiger partial charge in [-0.3, -0.25) is 0 Å². The molecule has 0 spiro atoms. The minimum absolute atomic E-state index is 0.270. The highest BCUT2D eigenvalue weighted by Gasteiger charge is 2.22. The Hall–Kier alpha value is -1.75. The summed E-state index contributed by atoms with van der Waals surface area (Å²) in [6.45, 7) is 1.88. The van der Waals surface area contributed by atoms with E-state index in [2.05, 4.69) is 15.5 Å². The van der Waals surface area contributed by atoms with Gasteiger partial charge in [0.15, 0.2) is 5.82 Å². The first-order valence-electron chi connectivity index (χ1n) is 5.63. The molecule has 0 radical (unpaired) electrons. The Morgan fingerprint density at radius 3 is 2.82 bits per heavy atom. The van der Waals surface area contributed by atoms with Crippen molar-refractivity contribution < 1.29 is 8.91 Å². The molecule has 88 valence electrons. The fourth-order valence-electron chi connectivity index (χ4n) is 1.99. The van der Waals surface area contributed by atoms with Gasteiger partial charge in [-0.1, -0.05) is 5.16 Å². The zero-order chi connectivity index (χ0) is 11.7. The molecule has 17 heavy (non-hydrogen) atoms. The molecule has 1 fully saturated rings. The Labute approximate surface area is 97.8 Å². The highest BCUT2D eigenvalue weighted by molar-refractivity contribution is 5.52. The van der Waals surface area contributed by atoms with Crippen molar-refractivity contribution in [2.75, 3.05) is 13.1 Å². The summed E-state index contributed by atoms with van der Waals surface area (Å²) in [4.78, 5) is 4.35. The molecule has 1 saturated heterocycles. The van der Waals surface area contributed by atoms with Gasteiger partial charge in [-0.2, -0.15) is 4.98 Å². The summed E-state index contributed by atoms with van der Waals surface area (Å²) in [6, 6.07) is 6.05. The van der Waals surface area contributed by atoms with E-state index in [0.717, 1.165) is 30.9 Å². The first-order valence-corrected chi connectivity index (χ1v) is 5.63. The third-order valence-electron chi connectivity index (χ3n) is 2.96. The van der Waals surface area contributed by atoms with Crippen LogP contribution in [0, 0.1) is 5.82 Å². The quantitative estimate of drug-likeness (QED) is 0.861. The summed E-state index contributed by atoms with van der Waals surface area (Å²) in [6.07, 6.45) is 1.03. The maximum Gasteiger partial charge on any atom is 0.257 e. The second-order valence-corrected chi connectivity index (χ2v) is 4.15. The van der Waals surface area contributed by atoms with Crippen LogP contribution in [0.3, 0.4) is 0 Å². The standard InChI is InChI=1S/C12H12FN3O/c13-10-3-1-8(2-4-10)12-15-11(16-17-12)9-5-6-14-7-9/h1-4,9,14H,5-7H2/t9-/m0/s1. The van der Waals surface area contributed by atoms with Crippen molar-refractivity contribution in [2.45, 2.75) is 12.3 Å². The SMILES string of the molecule is Fc1ccc(-c2nc([C@H]3CCNC3)no2)cc1. The maximum absolute atomic E-state index is 12.8. The fraction of sp³-hybridized carbons (Fsp3) is 0.333. The number of aromatic nitrogens is 2. The van der Waals surface area contributed by atoms with Crippen LogP contribution in [0.15, 0.2) is 28.8 Å². The molecule has 3 rings (SSSR count). The van der Waals surface area contributed by atoms with Crippen LogP contribution in [0.4, 0.5) is 4.39 Å². The van der Waals surface area contributed by atoms with Crippen LogP contribution in [-0.4, -0.2) is 23.2 Å². The van der Waals surface area contributed by atoms with Crippen LogP contribution >= 0.6 is 0 Å². The molecular weight excluding hydrogens is 221 g/mol. The van der Waals surface area contributed by atoms with Crippen molar-refractivity contribution >= 4 is 0 Å². The van der Waals surface area contributed by atoms with E-state index >= 15 is 0 Å². The van der Waals surface area contributed by atoms with Crippen molar-refractivity contribution in [3.05, 3.63) is 35.9 Å². The predicted octanol–water partition coefficient (Wildman–Crippen LogP) is 1.95. The second kappa shape index (κ2) is 4.25. The molecule has 1 N–H and O–H groups in total. The summed E-state index contributed by atoms with van der Waals surface area (Å²) >= 11 is 0. The summed E-state index contributed by atoms with van der Waals surface area (Å²) in [5.74, 6) is 1.24. The molecule has 0 bridgehead atoms. The molecule has 5 heteroatoms. The van der Waals surface area contributed by atoms with Gasteiger partial charge in [0.25, 0.3) is 5.89 Å². The highest BCUT2D eigenvalue weighted by Crippen LogP contribution is 2.23. The topological polar surface area (TPSA) is 51.0 Å². The van der Waals surface area contributed by atoms with Gasteiger partial charge >= 0.3 is 0 Å². The maximum atomic E-state index is 12.8. The molecule has 0 unspecified atom stereocenters. The van der Waals surface area contributed by atoms with Crippen molar-refractivity contribution in [1.29, 1.82) is 0 Å². The third-order valence-corrected chi connectivity index (χ3v) is 2.96. The van der Waals surface area contributed by atoms with E-state index in [9.17, 15) is 4.39 Å². The summed E-state index contributed by atoms with van der Waals surface area (Å²) in [5.41, 5.74) is 0.746. The Bertz CT molecular complexity index is 503. The lowest BCUT2D eigenvalue weighted by Gasteiger charge is -1.98. The van der Waals surface area contributed by atoms with E-state index in [1.54, 1.807) is 12.1 Å². The van der Waals surface area contributed by atoms with Gasteiger partial charge in [0.2, 0.25) is 0 Å². The normalized spacial score (nSPS) is 19.7. The van der Waals surface area contributed by atoms with E-state index in [1.807, 2.05) is 0 Å². The molecule has 0 aliphatic carbocycles. The molecular formula is C12H12FN3O. The van der Waals surface area contributed by atoms with Gasteiger partial charge in [0, 0.05) is 18.0 Å². The molecule has 4 nitrogen and oxygen atoms in total.